The van der Waals surface area contributed by atoms with Crippen molar-refractivity contribution in [1.29, 1.82) is 0 Å². The third-order valence-corrected chi connectivity index (χ3v) is 5.36. The molecule has 1 fully saturated rings. The third kappa shape index (κ3) is 4.88. The summed E-state index contributed by atoms with van der Waals surface area (Å²) in [7, 11) is 2.13. The molecule has 28 heavy (non-hydrogen) atoms. The van der Waals surface area contributed by atoms with Crippen molar-refractivity contribution < 1.29 is 8.94 Å². The summed E-state index contributed by atoms with van der Waals surface area (Å²) < 4.78 is 11.1. The third-order valence-electron chi connectivity index (χ3n) is 5.36. The number of benzene rings is 1. The van der Waals surface area contributed by atoms with E-state index >= 15 is 0 Å². The first-order chi connectivity index (χ1) is 13.7. The molecule has 3 heterocycles. The van der Waals surface area contributed by atoms with Crippen LogP contribution >= 0.6 is 0 Å². The Labute approximate surface area is 166 Å². The molecule has 4 rings (SSSR count). The molecule has 0 unspecified atom stereocenters. The predicted molar refractivity (Wildman–Crippen MR) is 108 cm³/mol. The Morgan fingerprint density at radius 2 is 1.89 bits per heavy atom. The number of hydrogen-bond donors (Lipinski definition) is 0. The summed E-state index contributed by atoms with van der Waals surface area (Å²) in [6, 6.07) is 14.1. The van der Waals surface area contributed by atoms with Crippen LogP contribution in [-0.2, 0) is 13.1 Å². The van der Waals surface area contributed by atoms with E-state index in [0.29, 0.717) is 24.2 Å². The van der Waals surface area contributed by atoms with Gasteiger partial charge in [-0.25, -0.2) is 0 Å². The first-order valence-electron chi connectivity index (χ1n) is 10.00. The van der Waals surface area contributed by atoms with E-state index in [1.165, 1.54) is 12.8 Å². The lowest BCUT2D eigenvalue weighted by Crippen LogP contribution is -2.37. The van der Waals surface area contributed by atoms with Gasteiger partial charge in [0.25, 0.3) is 0 Å². The molecule has 3 aromatic rings. The molecule has 148 valence electrons. The summed E-state index contributed by atoms with van der Waals surface area (Å²) in [6.07, 6.45) is 2.42. The van der Waals surface area contributed by atoms with Crippen molar-refractivity contribution in [2.75, 3.05) is 26.7 Å². The zero-order chi connectivity index (χ0) is 19.3. The highest BCUT2D eigenvalue weighted by molar-refractivity contribution is 5.53. The fraction of sp³-hybridized carbons (Fsp3) is 0.455. The average Bonchev–Trinajstić information content (AvgIpc) is 3.33. The van der Waals surface area contributed by atoms with Gasteiger partial charge >= 0.3 is 0 Å². The van der Waals surface area contributed by atoms with Gasteiger partial charge in [-0.2, -0.15) is 4.98 Å². The van der Waals surface area contributed by atoms with Crippen molar-refractivity contribution in [3.05, 3.63) is 59.9 Å². The van der Waals surface area contributed by atoms with E-state index in [9.17, 15) is 0 Å². The number of furan rings is 1. The quantitative estimate of drug-likeness (QED) is 0.618. The van der Waals surface area contributed by atoms with Gasteiger partial charge in [0.05, 0.1) is 13.1 Å². The summed E-state index contributed by atoms with van der Waals surface area (Å²) in [6.45, 7) is 6.90. The molecule has 0 atom stereocenters. The normalized spacial score (nSPS) is 16.1. The summed E-state index contributed by atoms with van der Waals surface area (Å²) in [5.41, 5.74) is 0.985. The zero-order valence-corrected chi connectivity index (χ0v) is 16.7. The summed E-state index contributed by atoms with van der Waals surface area (Å²) in [5.74, 6) is 4.09. The van der Waals surface area contributed by atoms with Crippen LogP contribution < -0.4 is 0 Å². The molecule has 1 aliphatic heterocycles. The number of rotatable bonds is 7. The van der Waals surface area contributed by atoms with Crippen molar-refractivity contribution in [2.24, 2.45) is 5.92 Å². The van der Waals surface area contributed by atoms with Crippen molar-refractivity contribution >= 4 is 0 Å². The van der Waals surface area contributed by atoms with Crippen molar-refractivity contribution in [1.82, 2.24) is 19.9 Å². The Morgan fingerprint density at radius 1 is 1.11 bits per heavy atom. The molecule has 0 aliphatic carbocycles. The predicted octanol–water partition coefficient (Wildman–Crippen LogP) is 3.98. The van der Waals surface area contributed by atoms with Crippen LogP contribution in [0.2, 0.25) is 0 Å². The molecule has 2 aromatic heterocycles. The number of hydrogen-bond acceptors (Lipinski definition) is 6. The van der Waals surface area contributed by atoms with Gasteiger partial charge in [-0.15, -0.1) is 0 Å². The molecule has 0 amide bonds. The second-order valence-electron chi connectivity index (χ2n) is 7.81. The second-order valence-corrected chi connectivity index (χ2v) is 7.81. The molecule has 1 aromatic carbocycles. The van der Waals surface area contributed by atoms with Crippen LogP contribution in [0.5, 0.6) is 0 Å². The lowest BCUT2D eigenvalue weighted by Gasteiger charge is -2.33. The highest BCUT2D eigenvalue weighted by Crippen LogP contribution is 2.21. The van der Waals surface area contributed by atoms with Crippen LogP contribution in [-0.4, -0.2) is 46.6 Å². The van der Waals surface area contributed by atoms with Gasteiger partial charge in [0.15, 0.2) is 0 Å². The Kier molecular flexibility index (Phi) is 5.88. The average molecular weight is 380 g/mol. The SMILES string of the molecule is Cc1ccc(CN2CCC(CN(C)Cc3nc(-c4ccccc4)no3)CC2)o1. The van der Waals surface area contributed by atoms with Crippen LogP contribution in [0.4, 0.5) is 0 Å². The lowest BCUT2D eigenvalue weighted by atomic mass is 9.96. The fourth-order valence-corrected chi connectivity index (χ4v) is 3.88. The van der Waals surface area contributed by atoms with Crippen LogP contribution in [0.25, 0.3) is 11.4 Å². The summed E-state index contributed by atoms with van der Waals surface area (Å²) in [4.78, 5) is 9.31. The van der Waals surface area contributed by atoms with Crippen LogP contribution in [0.3, 0.4) is 0 Å². The minimum atomic E-state index is 0.658. The molecular weight excluding hydrogens is 352 g/mol. The molecule has 0 radical (unpaired) electrons. The molecule has 1 saturated heterocycles. The second kappa shape index (κ2) is 8.71. The highest BCUT2D eigenvalue weighted by Gasteiger charge is 2.22. The largest absolute Gasteiger partial charge is 0.465 e. The van der Waals surface area contributed by atoms with Crippen LogP contribution in [0.1, 0.15) is 30.3 Å². The van der Waals surface area contributed by atoms with E-state index in [0.717, 1.165) is 43.3 Å². The van der Waals surface area contributed by atoms with Crippen molar-refractivity contribution in [3.63, 3.8) is 0 Å². The van der Waals surface area contributed by atoms with E-state index in [4.69, 9.17) is 8.94 Å². The van der Waals surface area contributed by atoms with Gasteiger partial charge in [0, 0.05) is 12.1 Å². The van der Waals surface area contributed by atoms with Gasteiger partial charge in [-0.3, -0.25) is 9.80 Å². The van der Waals surface area contributed by atoms with Crippen LogP contribution in [0.15, 0.2) is 51.4 Å². The minimum absolute atomic E-state index is 0.658. The number of aromatic nitrogens is 2. The van der Waals surface area contributed by atoms with E-state index in [1.807, 2.05) is 43.3 Å². The van der Waals surface area contributed by atoms with E-state index in [-0.39, 0.29) is 0 Å². The van der Waals surface area contributed by atoms with Gasteiger partial charge in [0.1, 0.15) is 11.5 Å². The molecule has 1 aliphatic rings. The van der Waals surface area contributed by atoms with Gasteiger partial charge < -0.3 is 8.94 Å². The lowest BCUT2D eigenvalue weighted by molar-refractivity contribution is 0.135. The van der Waals surface area contributed by atoms with Gasteiger partial charge in [-0.1, -0.05) is 35.5 Å². The molecule has 0 N–H and O–H groups in total. The number of aryl methyl sites for hydroxylation is 1. The fourth-order valence-electron chi connectivity index (χ4n) is 3.88. The maximum atomic E-state index is 5.70. The summed E-state index contributed by atoms with van der Waals surface area (Å²) >= 11 is 0. The molecule has 0 saturated carbocycles. The number of likely N-dealkylation sites (tertiary alicyclic amines) is 1. The maximum absolute atomic E-state index is 5.70. The molecular formula is C22H28N4O2. The van der Waals surface area contributed by atoms with E-state index in [1.54, 1.807) is 0 Å². The number of piperidine rings is 1. The Bertz CT molecular complexity index is 866. The molecule has 6 nitrogen and oxygen atoms in total. The smallest absolute Gasteiger partial charge is 0.241 e. The molecule has 6 heteroatoms. The Morgan fingerprint density at radius 3 is 2.61 bits per heavy atom. The van der Waals surface area contributed by atoms with E-state index in [2.05, 4.69) is 33.1 Å². The van der Waals surface area contributed by atoms with Crippen molar-refractivity contribution in [2.45, 2.75) is 32.9 Å². The minimum Gasteiger partial charge on any atom is -0.465 e. The first kappa shape index (κ1) is 18.9. The van der Waals surface area contributed by atoms with Gasteiger partial charge in [-0.05, 0) is 58.0 Å². The first-order valence-corrected chi connectivity index (χ1v) is 10.00. The van der Waals surface area contributed by atoms with Crippen LogP contribution in [0, 0.1) is 12.8 Å². The molecule has 0 spiro atoms. The maximum Gasteiger partial charge on any atom is 0.241 e. The highest BCUT2D eigenvalue weighted by atomic mass is 16.5. The number of nitrogens with zero attached hydrogens (tertiary/aromatic N) is 4. The van der Waals surface area contributed by atoms with E-state index < -0.39 is 0 Å². The van der Waals surface area contributed by atoms with Crippen molar-refractivity contribution in [3.8, 4) is 11.4 Å². The zero-order valence-electron chi connectivity index (χ0n) is 16.7. The monoisotopic (exact) mass is 380 g/mol. The summed E-state index contributed by atoms with van der Waals surface area (Å²) in [5, 5.41) is 4.11. The Balaban J connectivity index is 1.23. The topological polar surface area (TPSA) is 58.5 Å². The molecule has 0 bridgehead atoms. The standard InChI is InChI=1S/C22H28N4O2/c1-17-8-9-20(27-17)15-26-12-10-18(11-13-26)14-25(2)16-21-23-22(24-28-21)19-6-4-3-5-7-19/h3-9,18H,10-16H2,1-2H3. The van der Waals surface area contributed by atoms with Gasteiger partial charge in [0.2, 0.25) is 11.7 Å². The Hall–Kier alpha value is -2.44.